The van der Waals surface area contributed by atoms with Crippen molar-refractivity contribution >= 4 is 49.7 Å². The molecule has 1 aromatic heterocycles. The summed E-state index contributed by atoms with van der Waals surface area (Å²) in [4.78, 5) is 0. The van der Waals surface area contributed by atoms with Gasteiger partial charge in [-0.2, -0.15) is 0 Å². The molecule has 74 valence electrons. The lowest BCUT2D eigenvalue weighted by Crippen LogP contribution is -1.93. The molecule has 2 N–H and O–H groups in total. The molecule has 1 aromatic carbocycles. The Morgan fingerprint density at radius 1 is 1.50 bits per heavy atom. The molecule has 1 heterocycles. The fourth-order valence-electron chi connectivity index (χ4n) is 1.36. The van der Waals surface area contributed by atoms with Gasteiger partial charge in [-0.1, -0.05) is 0 Å². The minimum Gasteiger partial charge on any atom is -0.494 e. The summed E-state index contributed by atoms with van der Waals surface area (Å²) in [6, 6.07) is 3.94. The van der Waals surface area contributed by atoms with Gasteiger partial charge >= 0.3 is 0 Å². The van der Waals surface area contributed by atoms with Gasteiger partial charge in [0.05, 0.1) is 17.0 Å². The molecule has 0 unspecified atom stereocenters. The standard InChI is InChI=1S/C10H10INOS/c1-2-13-6-3-7-8(11)5-14-10(7)9(12)4-6/h3-5H,2,12H2,1H3. The molecule has 0 amide bonds. The van der Waals surface area contributed by atoms with Crippen LogP contribution < -0.4 is 10.5 Å². The van der Waals surface area contributed by atoms with Crippen molar-refractivity contribution in [3.8, 4) is 5.75 Å². The van der Waals surface area contributed by atoms with Crippen LogP contribution in [0.4, 0.5) is 5.69 Å². The molecule has 2 rings (SSSR count). The molecule has 0 aliphatic rings. The Kier molecular flexibility index (Phi) is 2.83. The Balaban J connectivity index is 2.63. The second kappa shape index (κ2) is 3.94. The zero-order valence-electron chi connectivity index (χ0n) is 7.71. The lowest BCUT2D eigenvalue weighted by Gasteiger charge is -2.04. The van der Waals surface area contributed by atoms with Gasteiger partial charge in [0.2, 0.25) is 0 Å². The monoisotopic (exact) mass is 319 g/mol. The highest BCUT2D eigenvalue weighted by molar-refractivity contribution is 14.1. The number of hydrogen-bond acceptors (Lipinski definition) is 3. The molecule has 0 aliphatic carbocycles. The molecule has 0 aliphatic heterocycles. The van der Waals surface area contributed by atoms with Crippen LogP contribution in [0.5, 0.6) is 5.75 Å². The number of thiophene rings is 1. The third kappa shape index (κ3) is 1.68. The third-order valence-electron chi connectivity index (χ3n) is 1.94. The number of rotatable bonds is 2. The summed E-state index contributed by atoms with van der Waals surface area (Å²) in [6.07, 6.45) is 0. The van der Waals surface area contributed by atoms with Gasteiger partial charge in [0.25, 0.3) is 0 Å². The zero-order valence-corrected chi connectivity index (χ0v) is 10.7. The van der Waals surface area contributed by atoms with Crippen molar-refractivity contribution < 1.29 is 4.74 Å². The lowest BCUT2D eigenvalue weighted by molar-refractivity contribution is 0.341. The van der Waals surface area contributed by atoms with Gasteiger partial charge in [-0.3, -0.25) is 0 Å². The molecule has 2 aromatic rings. The summed E-state index contributed by atoms with van der Waals surface area (Å²) in [5.41, 5.74) is 6.73. The molecule has 0 fully saturated rings. The number of fused-ring (bicyclic) bond motifs is 1. The van der Waals surface area contributed by atoms with Crippen LogP contribution in [0.15, 0.2) is 17.5 Å². The van der Waals surface area contributed by atoms with Crippen LogP contribution >= 0.6 is 33.9 Å². The summed E-state index contributed by atoms with van der Waals surface area (Å²) in [6.45, 7) is 2.64. The van der Waals surface area contributed by atoms with E-state index in [9.17, 15) is 0 Å². The minimum absolute atomic E-state index is 0.672. The van der Waals surface area contributed by atoms with Gasteiger partial charge in [0, 0.05) is 20.4 Å². The van der Waals surface area contributed by atoms with E-state index in [2.05, 4.69) is 28.0 Å². The van der Waals surface area contributed by atoms with Crippen molar-refractivity contribution in [2.75, 3.05) is 12.3 Å². The van der Waals surface area contributed by atoms with E-state index in [0.29, 0.717) is 6.61 Å². The molecule has 4 heteroatoms. The summed E-state index contributed by atoms with van der Waals surface area (Å²) in [5.74, 6) is 0.855. The van der Waals surface area contributed by atoms with E-state index >= 15 is 0 Å². The summed E-state index contributed by atoms with van der Waals surface area (Å²) < 4.78 is 7.82. The Morgan fingerprint density at radius 3 is 3.00 bits per heavy atom. The third-order valence-corrected chi connectivity index (χ3v) is 4.30. The Hall–Kier alpha value is -0.490. The van der Waals surface area contributed by atoms with E-state index in [0.717, 1.165) is 16.1 Å². The first-order valence-corrected chi connectivity index (χ1v) is 6.27. The van der Waals surface area contributed by atoms with Crippen LogP contribution in [0.3, 0.4) is 0 Å². The highest BCUT2D eigenvalue weighted by Crippen LogP contribution is 2.35. The van der Waals surface area contributed by atoms with E-state index in [1.165, 1.54) is 8.96 Å². The number of ether oxygens (including phenoxy) is 1. The van der Waals surface area contributed by atoms with Crippen LogP contribution in [-0.2, 0) is 0 Å². The van der Waals surface area contributed by atoms with Crippen molar-refractivity contribution in [2.24, 2.45) is 0 Å². The zero-order chi connectivity index (χ0) is 10.1. The summed E-state index contributed by atoms with van der Waals surface area (Å²) in [5, 5.41) is 3.30. The quantitative estimate of drug-likeness (QED) is 0.679. The highest BCUT2D eigenvalue weighted by atomic mass is 127. The minimum atomic E-state index is 0.672. The van der Waals surface area contributed by atoms with Crippen molar-refractivity contribution in [2.45, 2.75) is 6.92 Å². The van der Waals surface area contributed by atoms with Gasteiger partial charge in [-0.25, -0.2) is 0 Å². The molecule has 14 heavy (non-hydrogen) atoms. The fourth-order valence-corrected chi connectivity index (χ4v) is 3.19. The van der Waals surface area contributed by atoms with E-state index in [1.807, 2.05) is 19.1 Å². The molecule has 0 saturated carbocycles. The number of nitrogens with two attached hydrogens (primary N) is 1. The molecule has 2 nitrogen and oxygen atoms in total. The van der Waals surface area contributed by atoms with Crippen molar-refractivity contribution in [3.63, 3.8) is 0 Å². The van der Waals surface area contributed by atoms with Crippen molar-refractivity contribution in [3.05, 3.63) is 21.1 Å². The van der Waals surface area contributed by atoms with E-state index < -0.39 is 0 Å². The second-order valence-electron chi connectivity index (χ2n) is 2.91. The van der Waals surface area contributed by atoms with Gasteiger partial charge in [-0.05, 0) is 35.6 Å². The largest absolute Gasteiger partial charge is 0.494 e. The molecular weight excluding hydrogens is 309 g/mol. The van der Waals surface area contributed by atoms with Crippen LogP contribution in [0.25, 0.3) is 10.1 Å². The second-order valence-corrected chi connectivity index (χ2v) is 4.95. The molecular formula is C10H10INOS. The normalized spacial score (nSPS) is 10.7. The number of halogens is 1. The molecule has 0 spiro atoms. The fraction of sp³-hybridized carbons (Fsp3) is 0.200. The van der Waals surface area contributed by atoms with Crippen LogP contribution in [0.1, 0.15) is 6.92 Å². The predicted octanol–water partition coefficient (Wildman–Crippen LogP) is 3.49. The number of hydrogen-bond donors (Lipinski definition) is 1. The maximum absolute atomic E-state index is 5.93. The topological polar surface area (TPSA) is 35.2 Å². The lowest BCUT2D eigenvalue weighted by atomic mass is 10.2. The first-order chi connectivity index (χ1) is 6.72. The van der Waals surface area contributed by atoms with Gasteiger partial charge in [0.1, 0.15) is 5.75 Å². The molecule has 0 bridgehead atoms. The van der Waals surface area contributed by atoms with Crippen LogP contribution in [0.2, 0.25) is 0 Å². The van der Waals surface area contributed by atoms with Crippen molar-refractivity contribution in [1.29, 1.82) is 0 Å². The number of nitrogen functional groups attached to an aromatic ring is 1. The van der Waals surface area contributed by atoms with E-state index in [1.54, 1.807) is 11.3 Å². The summed E-state index contributed by atoms with van der Waals surface area (Å²) >= 11 is 3.99. The van der Waals surface area contributed by atoms with Crippen LogP contribution in [-0.4, -0.2) is 6.61 Å². The van der Waals surface area contributed by atoms with E-state index in [-0.39, 0.29) is 0 Å². The SMILES string of the molecule is CCOc1cc(N)c2scc(I)c2c1. The van der Waals surface area contributed by atoms with E-state index in [4.69, 9.17) is 10.5 Å². The summed E-state index contributed by atoms with van der Waals surface area (Å²) in [7, 11) is 0. The maximum atomic E-state index is 5.93. The maximum Gasteiger partial charge on any atom is 0.122 e. The van der Waals surface area contributed by atoms with Gasteiger partial charge in [-0.15, -0.1) is 11.3 Å². The molecule has 0 saturated heterocycles. The van der Waals surface area contributed by atoms with Crippen molar-refractivity contribution in [1.82, 2.24) is 0 Å². The molecule has 0 atom stereocenters. The van der Waals surface area contributed by atoms with Gasteiger partial charge in [0.15, 0.2) is 0 Å². The molecule has 0 radical (unpaired) electrons. The highest BCUT2D eigenvalue weighted by Gasteiger charge is 2.07. The Labute approximate surface area is 100 Å². The first-order valence-electron chi connectivity index (χ1n) is 4.31. The predicted molar refractivity (Wildman–Crippen MR) is 70.1 cm³/mol. The smallest absolute Gasteiger partial charge is 0.122 e. The number of anilines is 1. The van der Waals surface area contributed by atoms with Crippen LogP contribution in [0, 0.1) is 3.57 Å². The average molecular weight is 319 g/mol. The first kappa shape index (κ1) is 10.0. The Morgan fingerprint density at radius 2 is 2.29 bits per heavy atom. The van der Waals surface area contributed by atoms with Gasteiger partial charge < -0.3 is 10.5 Å². The Bertz CT molecular complexity index is 466. The average Bonchev–Trinajstić information content (AvgIpc) is 2.49. The number of benzene rings is 1.